The SMILES string of the molecule is C=CC(=O)N1CC(OCc2ccc(C(F)(F)F)cc2)C(n2cc(-c3cccnc3)nn2)C1. The minimum Gasteiger partial charge on any atom is -0.369 e. The summed E-state index contributed by atoms with van der Waals surface area (Å²) in [6.45, 7) is 4.27. The summed E-state index contributed by atoms with van der Waals surface area (Å²) in [5, 5.41) is 8.40. The van der Waals surface area contributed by atoms with Gasteiger partial charge in [0.2, 0.25) is 5.91 Å². The van der Waals surface area contributed by atoms with Crippen LogP contribution in [0.5, 0.6) is 0 Å². The van der Waals surface area contributed by atoms with E-state index in [0.717, 1.165) is 17.7 Å². The third kappa shape index (κ3) is 4.70. The lowest BCUT2D eigenvalue weighted by Crippen LogP contribution is -2.28. The second-order valence-electron chi connectivity index (χ2n) is 7.38. The van der Waals surface area contributed by atoms with Crippen LogP contribution in [0.15, 0.2) is 67.6 Å². The predicted octanol–water partition coefficient (Wildman–Crippen LogP) is 3.51. The lowest BCUT2D eigenvalue weighted by molar-refractivity contribution is -0.137. The van der Waals surface area contributed by atoms with Crippen LogP contribution in [-0.2, 0) is 22.3 Å². The molecule has 2 atom stereocenters. The number of rotatable bonds is 6. The normalized spacial score (nSPS) is 18.7. The molecule has 0 N–H and O–H groups in total. The third-order valence-corrected chi connectivity index (χ3v) is 5.28. The molecule has 1 fully saturated rings. The molecule has 1 aromatic carbocycles. The van der Waals surface area contributed by atoms with Gasteiger partial charge in [0.25, 0.3) is 0 Å². The fourth-order valence-electron chi connectivity index (χ4n) is 3.56. The number of carbonyl (C=O) groups excluding carboxylic acids is 1. The van der Waals surface area contributed by atoms with E-state index in [2.05, 4.69) is 21.9 Å². The molecule has 1 aliphatic rings. The van der Waals surface area contributed by atoms with E-state index in [1.165, 1.54) is 18.2 Å². The molecule has 2 unspecified atom stereocenters. The number of halogens is 3. The van der Waals surface area contributed by atoms with Crippen LogP contribution < -0.4 is 0 Å². The molecule has 1 amide bonds. The van der Waals surface area contributed by atoms with Crippen molar-refractivity contribution >= 4 is 5.91 Å². The molecule has 4 rings (SSSR count). The van der Waals surface area contributed by atoms with E-state index in [9.17, 15) is 18.0 Å². The standard InChI is InChI=1S/C22H20F3N5O2/c1-2-21(31)29-12-19(30-11-18(27-28-30)16-4-3-9-26-10-16)20(13-29)32-14-15-5-7-17(8-6-15)22(23,24)25/h2-11,19-20H,1,12-14H2. The van der Waals surface area contributed by atoms with Gasteiger partial charge in [0, 0.05) is 31.0 Å². The highest BCUT2D eigenvalue weighted by molar-refractivity contribution is 5.87. The second kappa shape index (κ2) is 8.91. The molecule has 2 aromatic heterocycles. The van der Waals surface area contributed by atoms with Gasteiger partial charge in [0.05, 0.1) is 30.5 Å². The van der Waals surface area contributed by atoms with Gasteiger partial charge in [-0.2, -0.15) is 13.2 Å². The zero-order valence-electron chi connectivity index (χ0n) is 16.9. The fourth-order valence-corrected chi connectivity index (χ4v) is 3.56. The van der Waals surface area contributed by atoms with Gasteiger partial charge in [0.15, 0.2) is 0 Å². The summed E-state index contributed by atoms with van der Waals surface area (Å²) in [4.78, 5) is 17.8. The molecule has 10 heteroatoms. The van der Waals surface area contributed by atoms with Gasteiger partial charge in [-0.05, 0) is 35.9 Å². The largest absolute Gasteiger partial charge is 0.416 e. The number of likely N-dealkylation sites (tertiary alicyclic amines) is 1. The van der Waals surface area contributed by atoms with Crippen LogP contribution >= 0.6 is 0 Å². The summed E-state index contributed by atoms with van der Waals surface area (Å²) >= 11 is 0. The number of ether oxygens (including phenoxy) is 1. The van der Waals surface area contributed by atoms with Gasteiger partial charge in [-0.25, -0.2) is 4.68 Å². The molecule has 3 aromatic rings. The van der Waals surface area contributed by atoms with E-state index in [0.29, 0.717) is 24.3 Å². The molecule has 0 aliphatic carbocycles. The Kier molecular flexibility index (Phi) is 6.04. The van der Waals surface area contributed by atoms with Crippen molar-refractivity contribution in [2.45, 2.75) is 24.9 Å². The van der Waals surface area contributed by atoms with Crippen LogP contribution in [0.4, 0.5) is 13.2 Å². The molecule has 3 heterocycles. The van der Waals surface area contributed by atoms with Crippen LogP contribution in [0.3, 0.4) is 0 Å². The number of alkyl halides is 3. The highest BCUT2D eigenvalue weighted by Gasteiger charge is 2.37. The van der Waals surface area contributed by atoms with E-state index >= 15 is 0 Å². The molecule has 1 saturated heterocycles. The zero-order valence-corrected chi connectivity index (χ0v) is 16.9. The highest BCUT2D eigenvalue weighted by Crippen LogP contribution is 2.30. The number of amides is 1. The van der Waals surface area contributed by atoms with Gasteiger partial charge in [0.1, 0.15) is 5.69 Å². The van der Waals surface area contributed by atoms with Crippen molar-refractivity contribution in [1.29, 1.82) is 0 Å². The second-order valence-corrected chi connectivity index (χ2v) is 7.38. The van der Waals surface area contributed by atoms with Crippen LogP contribution in [-0.4, -0.2) is 50.0 Å². The summed E-state index contributed by atoms with van der Waals surface area (Å²) in [5.74, 6) is -0.233. The molecule has 0 saturated carbocycles. The third-order valence-electron chi connectivity index (χ3n) is 5.28. The van der Waals surface area contributed by atoms with Crippen molar-refractivity contribution in [2.75, 3.05) is 13.1 Å². The van der Waals surface area contributed by atoms with Crippen LogP contribution in [0, 0.1) is 0 Å². The molecule has 0 spiro atoms. The maximum atomic E-state index is 12.8. The zero-order chi connectivity index (χ0) is 22.7. The van der Waals surface area contributed by atoms with Crippen LogP contribution in [0.25, 0.3) is 11.3 Å². The Labute approximate surface area is 182 Å². The van der Waals surface area contributed by atoms with Gasteiger partial charge in [-0.1, -0.05) is 23.9 Å². The Morgan fingerprint density at radius 1 is 1.22 bits per heavy atom. The molecule has 0 radical (unpaired) electrons. The number of hydrogen-bond donors (Lipinski definition) is 0. The van der Waals surface area contributed by atoms with E-state index in [-0.39, 0.29) is 18.6 Å². The molecule has 32 heavy (non-hydrogen) atoms. The predicted molar refractivity (Wildman–Crippen MR) is 109 cm³/mol. The Morgan fingerprint density at radius 3 is 2.66 bits per heavy atom. The molecule has 7 nitrogen and oxygen atoms in total. The average Bonchev–Trinajstić information content (AvgIpc) is 3.45. The van der Waals surface area contributed by atoms with E-state index in [1.807, 2.05) is 6.07 Å². The van der Waals surface area contributed by atoms with Crippen molar-refractivity contribution < 1.29 is 22.7 Å². The Morgan fingerprint density at radius 2 is 2.00 bits per heavy atom. The summed E-state index contributed by atoms with van der Waals surface area (Å²) in [5.41, 5.74) is 1.32. The molecule has 1 aliphatic heterocycles. The van der Waals surface area contributed by atoms with Gasteiger partial charge < -0.3 is 9.64 Å². The van der Waals surface area contributed by atoms with E-state index in [4.69, 9.17) is 4.74 Å². The highest BCUT2D eigenvalue weighted by atomic mass is 19.4. The van der Waals surface area contributed by atoms with Crippen molar-refractivity contribution in [3.8, 4) is 11.3 Å². The first-order chi connectivity index (χ1) is 15.3. The van der Waals surface area contributed by atoms with Crippen molar-refractivity contribution in [3.05, 3.63) is 78.8 Å². The van der Waals surface area contributed by atoms with Crippen molar-refractivity contribution in [3.63, 3.8) is 0 Å². The van der Waals surface area contributed by atoms with Gasteiger partial charge in [-0.3, -0.25) is 9.78 Å². The average molecular weight is 443 g/mol. The first-order valence-corrected chi connectivity index (χ1v) is 9.86. The van der Waals surface area contributed by atoms with Gasteiger partial charge in [-0.15, -0.1) is 5.10 Å². The summed E-state index contributed by atoms with van der Waals surface area (Å²) in [6.07, 6.45) is 1.52. The first kappa shape index (κ1) is 21.7. The molecular weight excluding hydrogens is 423 g/mol. The Balaban J connectivity index is 1.50. The number of benzene rings is 1. The number of carbonyl (C=O) groups is 1. The minimum atomic E-state index is -4.39. The number of hydrogen-bond acceptors (Lipinski definition) is 5. The van der Waals surface area contributed by atoms with Crippen LogP contribution in [0.2, 0.25) is 0 Å². The Bertz CT molecular complexity index is 1080. The quantitative estimate of drug-likeness (QED) is 0.545. The van der Waals surface area contributed by atoms with E-state index in [1.54, 1.807) is 34.2 Å². The van der Waals surface area contributed by atoms with Crippen molar-refractivity contribution in [1.82, 2.24) is 24.9 Å². The van der Waals surface area contributed by atoms with Crippen molar-refractivity contribution in [2.24, 2.45) is 0 Å². The lowest BCUT2D eigenvalue weighted by Gasteiger charge is -2.19. The molecule has 166 valence electrons. The summed E-state index contributed by atoms with van der Waals surface area (Å²) in [7, 11) is 0. The monoisotopic (exact) mass is 443 g/mol. The first-order valence-electron chi connectivity index (χ1n) is 9.86. The topological polar surface area (TPSA) is 73.1 Å². The summed E-state index contributed by atoms with van der Waals surface area (Å²) in [6, 6.07) is 8.16. The number of aromatic nitrogens is 4. The molecule has 0 bridgehead atoms. The lowest BCUT2D eigenvalue weighted by atomic mass is 10.1. The summed E-state index contributed by atoms with van der Waals surface area (Å²) < 4.78 is 46.0. The van der Waals surface area contributed by atoms with E-state index < -0.39 is 17.8 Å². The maximum Gasteiger partial charge on any atom is 0.416 e. The fraction of sp³-hybridized carbons (Fsp3) is 0.273. The molecular formula is C22H20F3N5O2. The number of nitrogens with zero attached hydrogens (tertiary/aromatic N) is 5. The maximum absolute atomic E-state index is 12.8. The Hall–Kier alpha value is -3.53. The number of pyridine rings is 1. The van der Waals surface area contributed by atoms with Gasteiger partial charge >= 0.3 is 6.18 Å². The smallest absolute Gasteiger partial charge is 0.369 e. The minimum absolute atomic E-state index is 0.0968. The van der Waals surface area contributed by atoms with Crippen LogP contribution in [0.1, 0.15) is 17.2 Å².